The summed E-state index contributed by atoms with van der Waals surface area (Å²) >= 11 is 0. The molecule has 0 bridgehead atoms. The molecule has 2 aromatic carbocycles. The Hall–Kier alpha value is -3.47. The standard InChI is InChI=1S/C24H28N6O/c1-4-18-8-7-9-19(14-18)29-24-21-15-20(10-11-22(21)26-17-27-24)28-23(31)16-25-12-13-30(5-2)6-3/h1,7-11,14-15,17,25H,5-6,12-13,16H2,2-3H3,(H,28,31)(H,26,27,29). The summed E-state index contributed by atoms with van der Waals surface area (Å²) in [5.41, 5.74) is 3.09. The van der Waals surface area contributed by atoms with Gasteiger partial charge in [-0.05, 0) is 49.5 Å². The minimum absolute atomic E-state index is 0.0908. The van der Waals surface area contributed by atoms with Gasteiger partial charge in [-0.15, -0.1) is 6.42 Å². The van der Waals surface area contributed by atoms with E-state index in [4.69, 9.17) is 6.42 Å². The first-order chi connectivity index (χ1) is 15.1. The largest absolute Gasteiger partial charge is 0.340 e. The smallest absolute Gasteiger partial charge is 0.238 e. The summed E-state index contributed by atoms with van der Waals surface area (Å²) in [6, 6.07) is 13.1. The number of terminal acetylenes is 1. The molecule has 3 aromatic rings. The summed E-state index contributed by atoms with van der Waals surface area (Å²) in [5, 5.41) is 10.2. The van der Waals surface area contributed by atoms with Crippen LogP contribution in [-0.4, -0.2) is 53.5 Å². The third kappa shape index (κ3) is 6.25. The maximum Gasteiger partial charge on any atom is 0.238 e. The first-order valence-electron chi connectivity index (χ1n) is 10.4. The molecule has 160 valence electrons. The van der Waals surface area contributed by atoms with Crippen LogP contribution in [0.4, 0.5) is 17.2 Å². The zero-order valence-electron chi connectivity index (χ0n) is 18.0. The Morgan fingerprint density at radius 1 is 1.10 bits per heavy atom. The zero-order chi connectivity index (χ0) is 22.1. The normalized spacial score (nSPS) is 10.8. The van der Waals surface area contributed by atoms with Crippen LogP contribution in [0, 0.1) is 12.3 Å². The van der Waals surface area contributed by atoms with Crippen LogP contribution < -0.4 is 16.0 Å². The quantitative estimate of drug-likeness (QED) is 0.348. The van der Waals surface area contributed by atoms with Crippen molar-refractivity contribution in [2.45, 2.75) is 13.8 Å². The maximum absolute atomic E-state index is 12.3. The van der Waals surface area contributed by atoms with E-state index in [0.717, 1.165) is 48.3 Å². The third-order valence-corrected chi connectivity index (χ3v) is 5.00. The molecule has 0 spiro atoms. The van der Waals surface area contributed by atoms with E-state index in [2.05, 4.69) is 50.6 Å². The Morgan fingerprint density at radius 2 is 1.94 bits per heavy atom. The first-order valence-corrected chi connectivity index (χ1v) is 10.4. The number of anilines is 3. The van der Waals surface area contributed by atoms with E-state index in [-0.39, 0.29) is 12.5 Å². The van der Waals surface area contributed by atoms with Crippen LogP contribution >= 0.6 is 0 Å². The van der Waals surface area contributed by atoms with Gasteiger partial charge < -0.3 is 20.9 Å². The molecule has 1 heterocycles. The topological polar surface area (TPSA) is 82.2 Å². The molecule has 0 aliphatic carbocycles. The number of rotatable bonds is 10. The molecule has 0 aliphatic heterocycles. The third-order valence-electron chi connectivity index (χ3n) is 5.00. The van der Waals surface area contributed by atoms with Crippen LogP contribution in [0.5, 0.6) is 0 Å². The minimum Gasteiger partial charge on any atom is -0.340 e. The number of hydrogen-bond acceptors (Lipinski definition) is 6. The lowest BCUT2D eigenvalue weighted by molar-refractivity contribution is -0.115. The highest BCUT2D eigenvalue weighted by molar-refractivity contribution is 5.97. The Balaban J connectivity index is 1.66. The van der Waals surface area contributed by atoms with Crippen molar-refractivity contribution in [3.8, 4) is 12.3 Å². The number of aromatic nitrogens is 2. The number of benzene rings is 2. The zero-order valence-corrected chi connectivity index (χ0v) is 18.0. The minimum atomic E-state index is -0.0908. The molecule has 0 saturated carbocycles. The number of carbonyl (C=O) groups is 1. The highest BCUT2D eigenvalue weighted by Gasteiger charge is 2.08. The van der Waals surface area contributed by atoms with Crippen molar-refractivity contribution in [2.75, 3.05) is 43.4 Å². The molecule has 7 heteroatoms. The number of carbonyl (C=O) groups excluding carboxylic acids is 1. The molecule has 0 saturated heterocycles. The van der Waals surface area contributed by atoms with Gasteiger partial charge in [0, 0.05) is 35.4 Å². The Morgan fingerprint density at radius 3 is 2.71 bits per heavy atom. The van der Waals surface area contributed by atoms with Gasteiger partial charge in [-0.25, -0.2) is 9.97 Å². The van der Waals surface area contributed by atoms with E-state index in [0.29, 0.717) is 11.5 Å². The van der Waals surface area contributed by atoms with Crippen LogP contribution in [0.3, 0.4) is 0 Å². The fraction of sp³-hybridized carbons (Fsp3) is 0.292. The maximum atomic E-state index is 12.3. The van der Waals surface area contributed by atoms with Crippen molar-refractivity contribution < 1.29 is 4.79 Å². The molecule has 1 amide bonds. The number of nitrogens with zero attached hydrogens (tertiary/aromatic N) is 3. The number of fused-ring (bicyclic) bond motifs is 1. The van der Waals surface area contributed by atoms with E-state index < -0.39 is 0 Å². The Kier molecular flexibility index (Phi) is 7.93. The van der Waals surface area contributed by atoms with Crippen molar-refractivity contribution >= 4 is 34.0 Å². The lowest BCUT2D eigenvalue weighted by atomic mass is 10.2. The Labute approximate surface area is 183 Å². The van der Waals surface area contributed by atoms with Gasteiger partial charge in [0.15, 0.2) is 0 Å². The molecule has 0 aliphatic rings. The number of hydrogen-bond donors (Lipinski definition) is 3. The van der Waals surface area contributed by atoms with E-state index >= 15 is 0 Å². The summed E-state index contributed by atoms with van der Waals surface area (Å²) in [7, 11) is 0. The highest BCUT2D eigenvalue weighted by atomic mass is 16.1. The van der Waals surface area contributed by atoms with Crippen molar-refractivity contribution in [3.05, 3.63) is 54.4 Å². The summed E-state index contributed by atoms with van der Waals surface area (Å²) in [4.78, 5) is 23.3. The summed E-state index contributed by atoms with van der Waals surface area (Å²) < 4.78 is 0. The van der Waals surface area contributed by atoms with Crippen molar-refractivity contribution in [2.24, 2.45) is 0 Å². The predicted octanol–water partition coefficient (Wildman–Crippen LogP) is 3.22. The van der Waals surface area contributed by atoms with E-state index in [1.807, 2.05) is 42.5 Å². The number of amides is 1. The van der Waals surface area contributed by atoms with Crippen molar-refractivity contribution in [1.29, 1.82) is 0 Å². The first kappa shape index (κ1) is 22.2. The molecule has 7 nitrogen and oxygen atoms in total. The van der Waals surface area contributed by atoms with Gasteiger partial charge in [-0.2, -0.15) is 0 Å². The lowest BCUT2D eigenvalue weighted by Crippen LogP contribution is -2.35. The van der Waals surface area contributed by atoms with E-state index in [1.54, 1.807) is 0 Å². The fourth-order valence-corrected chi connectivity index (χ4v) is 3.24. The molecule has 3 rings (SSSR count). The summed E-state index contributed by atoms with van der Waals surface area (Å²) in [6.07, 6.45) is 7.00. The molecule has 3 N–H and O–H groups in total. The van der Waals surface area contributed by atoms with Gasteiger partial charge in [-0.3, -0.25) is 4.79 Å². The highest BCUT2D eigenvalue weighted by Crippen LogP contribution is 2.26. The van der Waals surface area contributed by atoms with Crippen molar-refractivity contribution in [1.82, 2.24) is 20.2 Å². The molecule has 0 radical (unpaired) electrons. The molecule has 0 unspecified atom stereocenters. The molecule has 0 fully saturated rings. The van der Waals surface area contributed by atoms with E-state index in [1.165, 1.54) is 6.33 Å². The molecular formula is C24H28N6O. The summed E-state index contributed by atoms with van der Waals surface area (Å²) in [5.74, 6) is 3.18. The van der Waals surface area contributed by atoms with Crippen molar-refractivity contribution in [3.63, 3.8) is 0 Å². The van der Waals surface area contributed by atoms with Crippen LogP contribution in [0.1, 0.15) is 19.4 Å². The average molecular weight is 417 g/mol. The second kappa shape index (κ2) is 11.1. The van der Waals surface area contributed by atoms with Gasteiger partial charge >= 0.3 is 0 Å². The molecular weight excluding hydrogens is 388 g/mol. The van der Waals surface area contributed by atoms with Gasteiger partial charge in [-0.1, -0.05) is 25.8 Å². The van der Waals surface area contributed by atoms with Gasteiger partial charge in [0.2, 0.25) is 5.91 Å². The summed E-state index contributed by atoms with van der Waals surface area (Å²) in [6.45, 7) is 8.23. The second-order valence-corrected chi connectivity index (χ2v) is 7.06. The fourth-order valence-electron chi connectivity index (χ4n) is 3.24. The van der Waals surface area contributed by atoms with Gasteiger partial charge in [0.25, 0.3) is 0 Å². The Bertz CT molecular complexity index is 1070. The number of nitrogens with one attached hydrogen (secondary N) is 3. The van der Waals surface area contributed by atoms with Gasteiger partial charge in [0.1, 0.15) is 12.1 Å². The predicted molar refractivity (Wildman–Crippen MR) is 126 cm³/mol. The number of likely N-dealkylation sites (N-methyl/N-ethyl adjacent to an activating group) is 1. The lowest BCUT2D eigenvalue weighted by Gasteiger charge is -2.17. The SMILES string of the molecule is C#Cc1cccc(Nc2ncnc3ccc(NC(=O)CNCCN(CC)CC)cc23)c1. The van der Waals surface area contributed by atoms with E-state index in [9.17, 15) is 4.79 Å². The second-order valence-electron chi connectivity index (χ2n) is 7.06. The van der Waals surface area contributed by atoms with Crippen LogP contribution in [0.2, 0.25) is 0 Å². The van der Waals surface area contributed by atoms with Crippen LogP contribution in [-0.2, 0) is 4.79 Å². The van der Waals surface area contributed by atoms with Crippen LogP contribution in [0.15, 0.2) is 48.8 Å². The van der Waals surface area contributed by atoms with Gasteiger partial charge in [0.05, 0.1) is 12.1 Å². The molecule has 31 heavy (non-hydrogen) atoms. The average Bonchev–Trinajstić information content (AvgIpc) is 2.79. The molecule has 0 atom stereocenters. The van der Waals surface area contributed by atoms with Crippen LogP contribution in [0.25, 0.3) is 10.9 Å². The monoisotopic (exact) mass is 416 g/mol. The molecule has 1 aromatic heterocycles.